The van der Waals surface area contributed by atoms with Crippen molar-refractivity contribution < 1.29 is 14.3 Å². The molecule has 0 radical (unpaired) electrons. The van der Waals surface area contributed by atoms with E-state index in [1.165, 1.54) is 0 Å². The fraction of sp³-hybridized carbons (Fsp3) is 0.833. The monoisotopic (exact) mass is 221 g/mol. The van der Waals surface area contributed by atoms with Crippen molar-refractivity contribution in [2.24, 2.45) is 17.3 Å². The molecule has 4 heteroatoms. The fourth-order valence-corrected chi connectivity index (χ4v) is 3.36. The van der Waals surface area contributed by atoms with Gasteiger partial charge in [-0.15, -0.1) is 0 Å². The van der Waals surface area contributed by atoms with Gasteiger partial charge in [-0.1, -0.05) is 6.92 Å². The Morgan fingerprint density at radius 3 is 2.94 bits per heavy atom. The van der Waals surface area contributed by atoms with E-state index in [0.29, 0.717) is 31.2 Å². The minimum Gasteiger partial charge on any atom is -0.464 e. The van der Waals surface area contributed by atoms with Gasteiger partial charge in [-0.2, -0.15) is 5.26 Å². The summed E-state index contributed by atoms with van der Waals surface area (Å²) in [7, 11) is 0. The Morgan fingerprint density at radius 2 is 2.25 bits per heavy atom. The summed E-state index contributed by atoms with van der Waals surface area (Å²) in [4.78, 5) is 11.9. The molecule has 3 fully saturated rings. The Morgan fingerprint density at radius 1 is 1.50 bits per heavy atom. The van der Waals surface area contributed by atoms with Crippen molar-refractivity contribution in [2.75, 3.05) is 6.61 Å². The van der Waals surface area contributed by atoms with Gasteiger partial charge in [0.1, 0.15) is 0 Å². The predicted octanol–water partition coefficient (Wildman–Crippen LogP) is 1.26. The van der Waals surface area contributed by atoms with Crippen molar-refractivity contribution in [1.82, 2.24) is 0 Å². The molecule has 0 aromatic carbocycles. The highest BCUT2D eigenvalue weighted by Gasteiger charge is 2.60. The third kappa shape index (κ3) is 1.15. The fourth-order valence-electron chi connectivity index (χ4n) is 3.36. The number of nitriles is 1. The quantitative estimate of drug-likeness (QED) is 0.494. The van der Waals surface area contributed by atoms with Crippen LogP contribution in [0, 0.1) is 28.6 Å². The summed E-state index contributed by atoms with van der Waals surface area (Å²) in [5.74, 6) is 0.131. The number of fused-ring (bicyclic) bond motifs is 2. The first kappa shape index (κ1) is 10.1. The number of ether oxygens (including phenoxy) is 2. The van der Waals surface area contributed by atoms with Crippen LogP contribution in [-0.2, 0) is 14.3 Å². The predicted molar refractivity (Wildman–Crippen MR) is 54.2 cm³/mol. The van der Waals surface area contributed by atoms with E-state index in [0.717, 1.165) is 12.8 Å². The zero-order chi connectivity index (χ0) is 11.3. The largest absolute Gasteiger partial charge is 0.464 e. The molecular weight excluding hydrogens is 206 g/mol. The Labute approximate surface area is 94.5 Å². The summed E-state index contributed by atoms with van der Waals surface area (Å²) in [6.45, 7) is 2.37. The van der Waals surface area contributed by atoms with Gasteiger partial charge in [-0.05, 0) is 25.2 Å². The highest BCUT2D eigenvalue weighted by molar-refractivity contribution is 5.81. The number of carbonyl (C=O) groups excluding carboxylic acids is 1. The number of hydrogen-bond acceptors (Lipinski definition) is 4. The highest BCUT2D eigenvalue weighted by atomic mass is 16.6. The second kappa shape index (κ2) is 3.21. The molecule has 16 heavy (non-hydrogen) atoms. The van der Waals surface area contributed by atoms with Gasteiger partial charge >= 0.3 is 5.97 Å². The van der Waals surface area contributed by atoms with E-state index in [-0.39, 0.29) is 11.9 Å². The maximum atomic E-state index is 11.9. The molecule has 0 unspecified atom stereocenters. The number of carbonyl (C=O) groups is 1. The Bertz CT molecular complexity index is 375. The van der Waals surface area contributed by atoms with E-state index >= 15 is 0 Å². The highest BCUT2D eigenvalue weighted by Crippen LogP contribution is 2.53. The van der Waals surface area contributed by atoms with Crippen LogP contribution in [0.3, 0.4) is 0 Å². The average Bonchev–Trinajstić information content (AvgIpc) is 3.05. The lowest BCUT2D eigenvalue weighted by Gasteiger charge is -2.42. The molecule has 0 amide bonds. The lowest BCUT2D eigenvalue weighted by atomic mass is 9.62. The third-order valence-corrected chi connectivity index (χ3v) is 4.46. The normalized spacial score (nSPS) is 49.6. The van der Waals surface area contributed by atoms with Crippen LogP contribution in [0.5, 0.6) is 0 Å². The molecule has 2 saturated heterocycles. The van der Waals surface area contributed by atoms with Crippen LogP contribution < -0.4 is 0 Å². The first-order valence-corrected chi connectivity index (χ1v) is 5.95. The zero-order valence-corrected chi connectivity index (χ0v) is 9.31. The summed E-state index contributed by atoms with van der Waals surface area (Å²) in [5, 5.41) is 9.36. The van der Waals surface area contributed by atoms with Crippen LogP contribution in [0.1, 0.15) is 26.2 Å². The first-order valence-electron chi connectivity index (χ1n) is 5.95. The Hall–Kier alpha value is -1.08. The van der Waals surface area contributed by atoms with Gasteiger partial charge in [0.05, 0.1) is 24.9 Å². The van der Waals surface area contributed by atoms with E-state index in [1.54, 1.807) is 0 Å². The summed E-state index contributed by atoms with van der Waals surface area (Å²) in [5.41, 5.74) is -0.917. The van der Waals surface area contributed by atoms with Crippen LogP contribution in [0.4, 0.5) is 0 Å². The molecule has 0 N–H and O–H groups in total. The van der Waals surface area contributed by atoms with Crippen LogP contribution in [0.2, 0.25) is 0 Å². The van der Waals surface area contributed by atoms with E-state index < -0.39 is 5.41 Å². The Kier molecular flexibility index (Phi) is 2.02. The molecule has 0 bridgehead atoms. The summed E-state index contributed by atoms with van der Waals surface area (Å²) in [6, 6.07) is 2.23. The summed E-state index contributed by atoms with van der Waals surface area (Å²) in [6.07, 6.45) is 3.01. The van der Waals surface area contributed by atoms with Gasteiger partial charge in [-0.3, -0.25) is 4.79 Å². The minimum atomic E-state index is -0.917. The van der Waals surface area contributed by atoms with Gasteiger partial charge in [0, 0.05) is 5.92 Å². The number of nitrogens with zero attached hydrogens (tertiary/aromatic N) is 1. The third-order valence-electron chi connectivity index (χ3n) is 4.46. The first-order chi connectivity index (χ1) is 7.71. The molecule has 0 spiro atoms. The minimum absolute atomic E-state index is 0.132. The topological polar surface area (TPSA) is 62.6 Å². The van der Waals surface area contributed by atoms with Crippen LogP contribution in [0.25, 0.3) is 0 Å². The molecule has 1 saturated carbocycles. The van der Waals surface area contributed by atoms with E-state index in [2.05, 4.69) is 6.07 Å². The van der Waals surface area contributed by atoms with Gasteiger partial charge in [0.25, 0.3) is 0 Å². The molecule has 3 rings (SSSR count). The summed E-state index contributed by atoms with van der Waals surface area (Å²) < 4.78 is 10.7. The lowest BCUT2D eigenvalue weighted by Crippen LogP contribution is -2.50. The van der Waals surface area contributed by atoms with Gasteiger partial charge in [0.15, 0.2) is 5.41 Å². The number of cyclic esters (lactones) is 1. The van der Waals surface area contributed by atoms with Crippen molar-refractivity contribution in [3.8, 4) is 6.07 Å². The zero-order valence-electron chi connectivity index (χ0n) is 9.31. The van der Waals surface area contributed by atoms with Gasteiger partial charge < -0.3 is 9.47 Å². The maximum absolute atomic E-state index is 11.9. The van der Waals surface area contributed by atoms with Crippen molar-refractivity contribution in [3.63, 3.8) is 0 Å². The molecule has 2 aliphatic heterocycles. The number of rotatable bonds is 1. The van der Waals surface area contributed by atoms with Crippen LogP contribution in [-0.4, -0.2) is 24.8 Å². The van der Waals surface area contributed by atoms with Crippen molar-refractivity contribution in [3.05, 3.63) is 0 Å². The number of hydrogen-bond donors (Lipinski definition) is 0. The summed E-state index contributed by atoms with van der Waals surface area (Å²) >= 11 is 0. The SMILES string of the molecule is CC[C@]1(C#N)C(=O)OC[C@H]2C[C@@H]3O[C@@H]3C[C@H]21. The van der Waals surface area contributed by atoms with E-state index in [9.17, 15) is 10.1 Å². The maximum Gasteiger partial charge on any atom is 0.326 e. The van der Waals surface area contributed by atoms with E-state index in [1.807, 2.05) is 6.92 Å². The molecule has 2 heterocycles. The number of epoxide rings is 1. The van der Waals surface area contributed by atoms with Gasteiger partial charge in [-0.25, -0.2) is 0 Å². The molecule has 0 aromatic rings. The lowest BCUT2D eigenvalue weighted by molar-refractivity contribution is -0.170. The molecule has 1 aliphatic carbocycles. The second-order valence-electron chi connectivity index (χ2n) is 5.09. The molecule has 4 nitrogen and oxygen atoms in total. The van der Waals surface area contributed by atoms with Crippen molar-refractivity contribution in [1.29, 1.82) is 5.26 Å². The number of esters is 1. The molecule has 86 valence electrons. The molecular formula is C12H15NO3. The van der Waals surface area contributed by atoms with Crippen LogP contribution >= 0.6 is 0 Å². The smallest absolute Gasteiger partial charge is 0.326 e. The van der Waals surface area contributed by atoms with Gasteiger partial charge in [0.2, 0.25) is 0 Å². The standard InChI is InChI=1S/C12H15NO3/c1-2-12(6-13)8-4-10-9(16-10)3-7(8)5-15-11(12)14/h7-10H,2-5H2,1H3/t7-,8-,9+,10-,12-/m1/s1. The van der Waals surface area contributed by atoms with Crippen molar-refractivity contribution in [2.45, 2.75) is 38.4 Å². The Balaban J connectivity index is 1.94. The molecule has 5 atom stereocenters. The second-order valence-corrected chi connectivity index (χ2v) is 5.09. The van der Waals surface area contributed by atoms with Crippen LogP contribution in [0.15, 0.2) is 0 Å². The molecule has 0 aromatic heterocycles. The molecule has 3 aliphatic rings. The van der Waals surface area contributed by atoms with E-state index in [4.69, 9.17) is 9.47 Å². The van der Waals surface area contributed by atoms with Crippen molar-refractivity contribution >= 4 is 5.97 Å². The average molecular weight is 221 g/mol.